The van der Waals surface area contributed by atoms with Crippen LogP contribution in [0.2, 0.25) is 5.02 Å². The molecule has 7 atom stereocenters. The summed E-state index contributed by atoms with van der Waals surface area (Å²) in [5, 5.41) is 3.45. The third-order valence-corrected chi connectivity index (χ3v) is 13.7. The number of amides is 2. The van der Waals surface area contributed by atoms with Crippen molar-refractivity contribution in [1.82, 2.24) is 10.0 Å². The highest BCUT2D eigenvalue weighted by Crippen LogP contribution is 2.49. The fourth-order valence-electron chi connectivity index (χ4n) is 8.38. The molecule has 0 aromatic heterocycles. The fourth-order valence-corrected chi connectivity index (χ4v) is 10.1. The van der Waals surface area contributed by atoms with E-state index in [0.717, 1.165) is 42.8 Å². The number of nitrogens with one attached hydrogen (secondary N) is 2. The molecule has 8 nitrogen and oxygen atoms in total. The summed E-state index contributed by atoms with van der Waals surface area (Å²) in [6, 6.07) is 11.6. The maximum Gasteiger partial charge on any atom is 0.310 e. The largest absolute Gasteiger partial charge is 0.490 e. The molecule has 1 fully saturated rings. The first-order valence-electron chi connectivity index (χ1n) is 16.5. The van der Waals surface area contributed by atoms with Gasteiger partial charge in [-0.3, -0.25) is 24.5 Å². The lowest BCUT2D eigenvalue weighted by atomic mass is 9.64. The average Bonchev–Trinajstić information content (AvgIpc) is 3.14. The smallest absolute Gasteiger partial charge is 0.310 e. The Balaban J connectivity index is 1.46. The molecule has 2 aliphatic carbocycles. The number of benzene rings is 2. The van der Waals surface area contributed by atoms with Gasteiger partial charge in [-0.15, -0.1) is 0 Å². The molecule has 2 amide bonds. The maximum absolute atomic E-state index is 13.8. The number of anilines is 1. The van der Waals surface area contributed by atoms with Gasteiger partial charge in [-0.1, -0.05) is 24.6 Å². The van der Waals surface area contributed by atoms with Gasteiger partial charge < -0.3 is 9.64 Å². The summed E-state index contributed by atoms with van der Waals surface area (Å²) >= 11 is 6.43. The van der Waals surface area contributed by atoms with Gasteiger partial charge in [0.05, 0.1) is 27.9 Å². The van der Waals surface area contributed by atoms with E-state index in [0.29, 0.717) is 50.3 Å². The van der Waals surface area contributed by atoms with Crippen molar-refractivity contribution in [3.63, 3.8) is 0 Å². The lowest BCUT2D eigenvalue weighted by molar-refractivity contribution is -0.122. The van der Waals surface area contributed by atoms with Crippen LogP contribution in [0.5, 0.6) is 5.75 Å². The number of carbonyl (C=O) groups is 2. The highest BCUT2D eigenvalue weighted by molar-refractivity contribution is 7.99. The Labute approximate surface area is 278 Å². The maximum atomic E-state index is 13.8. The molecule has 1 unspecified atom stereocenters. The van der Waals surface area contributed by atoms with Gasteiger partial charge in [0.25, 0.3) is 5.91 Å². The average molecular weight is 665 g/mol. The van der Waals surface area contributed by atoms with Crippen LogP contribution in [0.15, 0.2) is 36.4 Å². The van der Waals surface area contributed by atoms with E-state index in [1.165, 1.54) is 18.1 Å². The number of nitrogens with zero attached hydrogens (tertiary/aromatic N) is 2. The third kappa shape index (κ3) is 5.99. The minimum Gasteiger partial charge on any atom is -0.490 e. The number of aryl methyl sites for hydroxylation is 1. The molecular weight excluding hydrogens is 620 g/mol. The van der Waals surface area contributed by atoms with E-state index in [2.05, 4.69) is 37.8 Å². The molecule has 246 valence electrons. The van der Waals surface area contributed by atoms with Crippen molar-refractivity contribution in [3.8, 4) is 5.75 Å². The molecule has 1 saturated carbocycles. The molecule has 2 N–H and O–H groups in total. The van der Waals surface area contributed by atoms with Crippen molar-refractivity contribution in [2.24, 2.45) is 17.8 Å². The van der Waals surface area contributed by atoms with Crippen molar-refractivity contribution in [2.45, 2.75) is 88.5 Å². The van der Waals surface area contributed by atoms with E-state index in [1.54, 1.807) is 6.07 Å². The molecule has 2 heterocycles. The van der Waals surface area contributed by atoms with Gasteiger partial charge in [-0.2, -0.15) is 0 Å². The number of carbonyl (C=O) groups excluding carboxylic acids is 2. The zero-order valence-corrected chi connectivity index (χ0v) is 28.6. The van der Waals surface area contributed by atoms with Gasteiger partial charge >= 0.3 is 5.66 Å². The quantitative estimate of drug-likeness (QED) is 0.282. The predicted octanol–water partition coefficient (Wildman–Crippen LogP) is 6.16. The molecule has 2 aromatic carbocycles. The first kappa shape index (κ1) is 32.7. The Hall–Kier alpha value is -3.22. The highest BCUT2D eigenvalue weighted by atomic mass is 35.5. The molecule has 0 radical (unpaired) electrons. The normalized spacial score (nSPS) is 34.4. The van der Waals surface area contributed by atoms with Crippen molar-refractivity contribution in [2.75, 3.05) is 24.6 Å². The first-order valence-corrected chi connectivity index (χ1v) is 18.7. The monoisotopic (exact) mass is 664 g/mol. The first-order chi connectivity index (χ1) is 21.9. The van der Waals surface area contributed by atoms with Crippen molar-refractivity contribution in [3.05, 3.63) is 69.5 Å². The van der Waals surface area contributed by atoms with Gasteiger partial charge in [-0.05, 0) is 111 Å². The zero-order chi connectivity index (χ0) is 32.9. The second-order valence-corrected chi connectivity index (χ2v) is 17.0. The fraction of sp³-hybridized carbons (Fsp3) is 0.556. The van der Waals surface area contributed by atoms with E-state index < -0.39 is 21.3 Å². The highest BCUT2D eigenvalue weighted by Gasteiger charge is 2.54. The molecule has 1 spiro atoms. The molecule has 2 bridgehead atoms. The van der Waals surface area contributed by atoms with Crippen LogP contribution in [0.1, 0.15) is 87.2 Å². The van der Waals surface area contributed by atoms with Crippen LogP contribution in [-0.2, 0) is 26.3 Å². The van der Waals surface area contributed by atoms with Crippen molar-refractivity contribution >= 4 is 44.7 Å². The van der Waals surface area contributed by atoms with Crippen LogP contribution in [0, 0.1) is 24.3 Å². The van der Waals surface area contributed by atoms with Gasteiger partial charge in [-0.25, -0.2) is 10.8 Å². The summed E-state index contributed by atoms with van der Waals surface area (Å²) in [7, 11) is -2.98. The number of ether oxygens (including phenoxy) is 1. The molecule has 4 aliphatic rings. The van der Waals surface area contributed by atoms with Gasteiger partial charge in [0.2, 0.25) is 5.91 Å². The lowest BCUT2D eigenvalue weighted by Gasteiger charge is -2.47. The topological polar surface area (TPSA) is 92.1 Å². The number of hydrogen-bond donors (Lipinski definition) is 2. The Morgan fingerprint density at radius 2 is 1.98 bits per heavy atom. The third-order valence-electron chi connectivity index (χ3n) is 11.3. The van der Waals surface area contributed by atoms with Gasteiger partial charge in [0, 0.05) is 47.7 Å². The van der Waals surface area contributed by atoms with E-state index in [9.17, 15) is 13.8 Å². The number of halogens is 1. The molecule has 2 aromatic rings. The van der Waals surface area contributed by atoms with E-state index in [-0.39, 0.29) is 34.3 Å². The number of fused-ring (bicyclic) bond motifs is 4. The van der Waals surface area contributed by atoms with Crippen LogP contribution < -0.4 is 19.7 Å². The van der Waals surface area contributed by atoms with Crippen molar-refractivity contribution in [1.29, 1.82) is 0 Å². The van der Waals surface area contributed by atoms with Gasteiger partial charge in [0.15, 0.2) is 0 Å². The van der Waals surface area contributed by atoms with E-state index in [4.69, 9.17) is 22.9 Å². The molecule has 46 heavy (non-hydrogen) atoms. The molecule has 6 rings (SSSR count). The summed E-state index contributed by atoms with van der Waals surface area (Å²) < 4.78 is 23.2. The zero-order valence-electron chi connectivity index (χ0n) is 27.1. The standard InChI is InChI=1S/C36H45ClN4O4S/c1-23-8-6-17-36(38-4,39-25(3)42)31-13-10-28(31)20-41-21-35(16-7-9-26-18-29(37)12-14-30(26)35)22-45-33-15-11-27(19-32(33)41)34(43)40-46(5,44)24(23)2/h11-12,14-15,18-19,23-24,28,31H,5-10,13,16-17,20-22H2,1-3H3,(H,39,42)(H,40,43,44)/t23-,24+,28-,31+,35-,36+,46?/m0/s1. The minimum absolute atomic E-state index is 0.0147. The molecule has 0 saturated heterocycles. The number of hydrogen-bond acceptors (Lipinski definition) is 5. The van der Waals surface area contributed by atoms with Crippen LogP contribution in [0.3, 0.4) is 0 Å². The summed E-state index contributed by atoms with van der Waals surface area (Å²) in [5.41, 5.74) is 2.42. The minimum atomic E-state index is -2.98. The van der Waals surface area contributed by atoms with E-state index in [1.807, 2.05) is 32.0 Å². The second kappa shape index (κ2) is 12.4. The summed E-state index contributed by atoms with van der Waals surface area (Å²) in [6.45, 7) is 15.6. The summed E-state index contributed by atoms with van der Waals surface area (Å²) in [5.74, 6) is 4.19. The van der Waals surface area contributed by atoms with Crippen LogP contribution in [0.4, 0.5) is 5.69 Å². The van der Waals surface area contributed by atoms with E-state index >= 15 is 0 Å². The summed E-state index contributed by atoms with van der Waals surface area (Å²) in [4.78, 5) is 32.7. The summed E-state index contributed by atoms with van der Waals surface area (Å²) in [6.07, 6.45) is 6.63. The second-order valence-electron chi connectivity index (χ2n) is 14.2. The predicted molar refractivity (Wildman–Crippen MR) is 185 cm³/mol. The van der Waals surface area contributed by atoms with Crippen LogP contribution in [0.25, 0.3) is 4.85 Å². The lowest BCUT2D eigenvalue weighted by Crippen LogP contribution is -2.58. The van der Waals surface area contributed by atoms with Crippen molar-refractivity contribution < 1.29 is 18.5 Å². The van der Waals surface area contributed by atoms with Gasteiger partial charge in [0.1, 0.15) is 5.75 Å². The Kier molecular flexibility index (Phi) is 8.84. The Morgan fingerprint density at radius 1 is 1.17 bits per heavy atom. The Bertz CT molecular complexity index is 1690. The molecule has 10 heteroatoms. The SMILES string of the molecule is [C-]#[N+][C@@]1(NC(C)=O)CCC[C@H](C)[C@@H](C)S(=C)(=O)NC(=O)c2ccc3c(c2)N(C[C@@H]2CC[C@H]21)C[C@@]1(CCCc2cc(Cl)ccc21)CO3. The molecule has 2 aliphatic heterocycles. The number of rotatable bonds is 1. The van der Waals surface area contributed by atoms with Crippen LogP contribution >= 0.6 is 11.6 Å². The van der Waals surface area contributed by atoms with Crippen LogP contribution in [-0.4, -0.2) is 52.5 Å². The Morgan fingerprint density at radius 3 is 2.70 bits per heavy atom. The molecular formula is C36H45ClN4O4S.